The first-order valence-electron chi connectivity index (χ1n) is 5.31. The van der Waals surface area contributed by atoms with Crippen LogP contribution in [-0.2, 0) is 16.0 Å². The molecule has 1 rings (SSSR count). The van der Waals surface area contributed by atoms with Crippen LogP contribution in [0.5, 0.6) is 0 Å². The number of hydrogen-bond acceptors (Lipinski definition) is 4. The molecule has 0 spiro atoms. The minimum atomic E-state index is -1.28. The Bertz CT molecular complexity index is 499. The second-order valence-corrected chi connectivity index (χ2v) is 4.73. The fourth-order valence-corrected chi connectivity index (χ4v) is 1.83. The Morgan fingerprint density at radius 2 is 2.28 bits per heavy atom. The van der Waals surface area contributed by atoms with Crippen molar-refractivity contribution in [1.29, 1.82) is 5.26 Å². The monoisotopic (exact) mass is 286 g/mol. The van der Waals surface area contributed by atoms with Gasteiger partial charge in [-0.25, -0.2) is 4.98 Å². The van der Waals surface area contributed by atoms with Crippen molar-refractivity contribution in [1.82, 2.24) is 4.98 Å². The lowest BCUT2D eigenvalue weighted by atomic mass is 9.85. The van der Waals surface area contributed by atoms with Crippen molar-refractivity contribution in [2.24, 2.45) is 5.41 Å². The largest absolute Gasteiger partial charge is 0.465 e. The number of carbonyl (C=O) groups is 1. The maximum absolute atomic E-state index is 11.7. The van der Waals surface area contributed by atoms with Crippen molar-refractivity contribution in [2.75, 3.05) is 6.61 Å². The summed E-state index contributed by atoms with van der Waals surface area (Å²) >= 11 is 11.7. The van der Waals surface area contributed by atoms with Crippen LogP contribution in [0.25, 0.3) is 0 Å². The molecule has 1 heterocycles. The van der Waals surface area contributed by atoms with E-state index < -0.39 is 11.4 Å². The predicted octanol–water partition coefficient (Wildman–Crippen LogP) is 3.02. The molecule has 0 fully saturated rings. The van der Waals surface area contributed by atoms with Gasteiger partial charge in [0.15, 0.2) is 5.41 Å². The van der Waals surface area contributed by atoms with E-state index in [2.05, 4.69) is 4.98 Å². The maximum atomic E-state index is 11.7. The molecule has 1 aromatic heterocycles. The smallest absolute Gasteiger partial charge is 0.326 e. The van der Waals surface area contributed by atoms with Gasteiger partial charge in [0.05, 0.1) is 12.7 Å². The SMILES string of the molecule is CCOC(=O)C(C)(C#N)Cc1cnc(Cl)cc1Cl. The van der Waals surface area contributed by atoms with Crippen molar-refractivity contribution in [2.45, 2.75) is 20.3 Å². The minimum absolute atomic E-state index is 0.130. The second kappa shape index (κ2) is 6.03. The van der Waals surface area contributed by atoms with Crippen molar-refractivity contribution >= 4 is 29.2 Å². The molecule has 18 heavy (non-hydrogen) atoms. The van der Waals surface area contributed by atoms with Crippen molar-refractivity contribution in [3.63, 3.8) is 0 Å². The van der Waals surface area contributed by atoms with Crippen molar-refractivity contribution < 1.29 is 9.53 Å². The molecule has 0 aliphatic carbocycles. The molecule has 0 saturated carbocycles. The number of carbonyl (C=O) groups excluding carboxylic acids is 1. The van der Waals surface area contributed by atoms with Gasteiger partial charge in [-0.15, -0.1) is 0 Å². The molecule has 96 valence electrons. The Hall–Kier alpha value is -1.31. The van der Waals surface area contributed by atoms with Gasteiger partial charge < -0.3 is 4.74 Å². The van der Waals surface area contributed by atoms with Crippen LogP contribution in [0.4, 0.5) is 0 Å². The van der Waals surface area contributed by atoms with E-state index in [1.807, 2.05) is 6.07 Å². The maximum Gasteiger partial charge on any atom is 0.326 e. The number of pyridine rings is 1. The predicted molar refractivity (Wildman–Crippen MR) is 68.3 cm³/mol. The zero-order valence-corrected chi connectivity index (χ0v) is 11.5. The van der Waals surface area contributed by atoms with E-state index in [0.717, 1.165) is 0 Å². The molecule has 1 unspecified atom stereocenters. The summed E-state index contributed by atoms with van der Waals surface area (Å²) in [5.41, 5.74) is -0.701. The molecular formula is C12H12Cl2N2O2. The quantitative estimate of drug-likeness (QED) is 0.630. The van der Waals surface area contributed by atoms with Crippen LogP contribution >= 0.6 is 23.2 Å². The fraction of sp³-hybridized carbons (Fsp3) is 0.417. The highest BCUT2D eigenvalue weighted by Gasteiger charge is 2.36. The fourth-order valence-electron chi connectivity index (χ4n) is 1.39. The summed E-state index contributed by atoms with van der Waals surface area (Å²) in [4.78, 5) is 15.6. The molecule has 0 aliphatic rings. The first kappa shape index (κ1) is 14.7. The Morgan fingerprint density at radius 1 is 1.61 bits per heavy atom. The molecular weight excluding hydrogens is 275 g/mol. The summed E-state index contributed by atoms with van der Waals surface area (Å²) in [6, 6.07) is 3.43. The number of nitriles is 1. The highest BCUT2D eigenvalue weighted by Crippen LogP contribution is 2.28. The highest BCUT2D eigenvalue weighted by atomic mass is 35.5. The lowest BCUT2D eigenvalue weighted by molar-refractivity contribution is -0.151. The third kappa shape index (κ3) is 3.34. The number of aromatic nitrogens is 1. The summed E-state index contributed by atoms with van der Waals surface area (Å²) < 4.78 is 4.88. The molecule has 4 nitrogen and oxygen atoms in total. The van der Waals surface area contributed by atoms with Crippen molar-refractivity contribution in [3.8, 4) is 6.07 Å². The summed E-state index contributed by atoms with van der Waals surface area (Å²) in [6.45, 7) is 3.42. The molecule has 0 saturated heterocycles. The molecule has 6 heteroatoms. The van der Waals surface area contributed by atoms with Gasteiger partial charge in [0.2, 0.25) is 0 Å². The van der Waals surface area contributed by atoms with Crippen molar-refractivity contribution in [3.05, 3.63) is 28.0 Å². The van der Waals surface area contributed by atoms with E-state index >= 15 is 0 Å². The Balaban J connectivity index is 2.99. The Labute approximate surface area is 115 Å². The molecule has 0 N–H and O–H groups in total. The summed E-state index contributed by atoms with van der Waals surface area (Å²) in [5.74, 6) is -0.571. The zero-order chi connectivity index (χ0) is 13.8. The molecule has 0 aliphatic heterocycles. The molecule has 1 atom stereocenters. The summed E-state index contributed by atoms with van der Waals surface area (Å²) in [5, 5.41) is 9.79. The summed E-state index contributed by atoms with van der Waals surface area (Å²) in [7, 11) is 0. The van der Waals surface area contributed by atoms with Crippen LogP contribution in [0.15, 0.2) is 12.3 Å². The molecule has 0 amide bonds. The van der Waals surface area contributed by atoms with Gasteiger partial charge in [-0.1, -0.05) is 23.2 Å². The van der Waals surface area contributed by atoms with Crippen LogP contribution in [0.3, 0.4) is 0 Å². The molecule has 0 aromatic carbocycles. The third-order valence-electron chi connectivity index (χ3n) is 2.41. The third-order valence-corrected chi connectivity index (χ3v) is 2.97. The van der Waals surface area contributed by atoms with Gasteiger partial charge in [0.1, 0.15) is 5.15 Å². The topological polar surface area (TPSA) is 63.0 Å². The molecule has 0 radical (unpaired) electrons. The van der Waals surface area contributed by atoms with E-state index in [0.29, 0.717) is 10.6 Å². The highest BCUT2D eigenvalue weighted by molar-refractivity contribution is 6.34. The molecule has 1 aromatic rings. The number of ether oxygens (including phenoxy) is 1. The zero-order valence-electron chi connectivity index (χ0n) is 10.0. The van der Waals surface area contributed by atoms with Gasteiger partial charge in [0.25, 0.3) is 0 Å². The lowest BCUT2D eigenvalue weighted by Gasteiger charge is -2.19. The normalized spacial score (nSPS) is 13.5. The Kier molecular flexibility index (Phi) is 4.94. The van der Waals surface area contributed by atoms with E-state index in [4.69, 9.17) is 33.2 Å². The van der Waals surface area contributed by atoms with Crippen LogP contribution in [-0.4, -0.2) is 17.6 Å². The molecule has 0 bridgehead atoms. The van der Waals surface area contributed by atoms with Crippen LogP contribution in [0.2, 0.25) is 10.2 Å². The van der Waals surface area contributed by atoms with Gasteiger partial charge in [-0.3, -0.25) is 4.79 Å². The van der Waals surface area contributed by atoms with Crippen LogP contribution < -0.4 is 0 Å². The number of nitrogens with zero attached hydrogens (tertiary/aromatic N) is 2. The Morgan fingerprint density at radius 3 is 2.78 bits per heavy atom. The van der Waals surface area contributed by atoms with E-state index in [1.54, 1.807) is 6.92 Å². The van der Waals surface area contributed by atoms with Gasteiger partial charge in [-0.05, 0) is 25.5 Å². The first-order valence-corrected chi connectivity index (χ1v) is 6.07. The van der Waals surface area contributed by atoms with Crippen LogP contribution in [0, 0.1) is 16.7 Å². The van der Waals surface area contributed by atoms with Crippen LogP contribution in [0.1, 0.15) is 19.4 Å². The average Bonchev–Trinajstić information content (AvgIpc) is 2.33. The van der Waals surface area contributed by atoms with Gasteiger partial charge in [0, 0.05) is 17.6 Å². The van der Waals surface area contributed by atoms with E-state index in [1.165, 1.54) is 19.2 Å². The number of esters is 1. The van der Waals surface area contributed by atoms with E-state index in [9.17, 15) is 4.79 Å². The average molecular weight is 287 g/mol. The number of hydrogen-bond donors (Lipinski definition) is 0. The van der Waals surface area contributed by atoms with Gasteiger partial charge in [-0.2, -0.15) is 5.26 Å². The number of halogens is 2. The second-order valence-electron chi connectivity index (χ2n) is 3.94. The lowest BCUT2D eigenvalue weighted by Crippen LogP contribution is -2.30. The number of rotatable bonds is 4. The summed E-state index contributed by atoms with van der Waals surface area (Å²) in [6.07, 6.45) is 1.59. The van der Waals surface area contributed by atoms with Gasteiger partial charge >= 0.3 is 5.97 Å². The van der Waals surface area contributed by atoms with E-state index in [-0.39, 0.29) is 18.2 Å². The standard InChI is InChI=1S/C12H12Cl2N2O2/c1-3-18-11(17)12(2,7-15)5-8-6-16-10(14)4-9(8)13/h4,6H,3,5H2,1-2H3. The first-order chi connectivity index (χ1) is 8.42. The minimum Gasteiger partial charge on any atom is -0.465 e.